The Morgan fingerprint density at radius 1 is 1.47 bits per heavy atom. The topological polar surface area (TPSA) is 29.1 Å². The molecule has 1 aromatic heterocycles. The smallest absolute Gasteiger partial charge is 0.224 e. The van der Waals surface area contributed by atoms with Gasteiger partial charge in [0, 0.05) is 11.9 Å². The van der Waals surface area contributed by atoms with E-state index in [4.69, 9.17) is 0 Å². The molecule has 0 atom stereocenters. The van der Waals surface area contributed by atoms with Crippen LogP contribution in [-0.2, 0) is 11.2 Å². The van der Waals surface area contributed by atoms with Gasteiger partial charge in [0.05, 0.1) is 6.42 Å². The zero-order valence-electron chi connectivity index (χ0n) is 9.88. The fraction of sp³-hybridized carbons (Fsp3) is 0.615. The van der Waals surface area contributed by atoms with Crippen LogP contribution in [0.15, 0.2) is 16.8 Å². The normalized spacial score (nSPS) is 18.2. The third-order valence-electron chi connectivity index (χ3n) is 3.55. The molecule has 2 nitrogen and oxygen atoms in total. The molecule has 0 aliphatic heterocycles. The van der Waals surface area contributed by atoms with Crippen molar-refractivity contribution in [3.63, 3.8) is 0 Å². The Balaban J connectivity index is 1.79. The molecule has 2 rings (SSSR count). The minimum Gasteiger partial charge on any atom is -0.355 e. The lowest BCUT2D eigenvalue weighted by Gasteiger charge is -2.26. The molecule has 1 N–H and O–H groups in total. The summed E-state index contributed by atoms with van der Waals surface area (Å²) in [6, 6.07) is 2.01. The van der Waals surface area contributed by atoms with E-state index in [0.29, 0.717) is 11.8 Å². The minimum absolute atomic E-state index is 0.149. The first-order valence-corrected chi connectivity index (χ1v) is 8.14. The highest BCUT2D eigenvalue weighted by atomic mass is 79.9. The van der Waals surface area contributed by atoms with Crippen LogP contribution in [0.4, 0.5) is 0 Å². The van der Waals surface area contributed by atoms with Gasteiger partial charge in [-0.2, -0.15) is 11.3 Å². The first-order chi connectivity index (χ1) is 8.24. The van der Waals surface area contributed by atoms with Crippen LogP contribution >= 0.6 is 27.3 Å². The SMILES string of the molecule is O=C(Cc1ccsc1)NCC1(CBr)CCCC1. The van der Waals surface area contributed by atoms with Crippen molar-refractivity contribution < 1.29 is 4.79 Å². The maximum Gasteiger partial charge on any atom is 0.224 e. The van der Waals surface area contributed by atoms with Crippen LogP contribution in [0.3, 0.4) is 0 Å². The molecule has 1 fully saturated rings. The van der Waals surface area contributed by atoms with Crippen molar-refractivity contribution in [2.75, 3.05) is 11.9 Å². The van der Waals surface area contributed by atoms with Crippen molar-refractivity contribution >= 4 is 33.2 Å². The Hall–Kier alpha value is -0.350. The summed E-state index contributed by atoms with van der Waals surface area (Å²) >= 11 is 5.24. The van der Waals surface area contributed by atoms with Gasteiger partial charge < -0.3 is 5.32 Å². The summed E-state index contributed by atoms with van der Waals surface area (Å²) < 4.78 is 0. The molecule has 0 radical (unpaired) electrons. The molecule has 0 bridgehead atoms. The average Bonchev–Trinajstić information content (AvgIpc) is 2.98. The number of nitrogens with one attached hydrogen (secondary N) is 1. The van der Waals surface area contributed by atoms with Gasteiger partial charge in [0.1, 0.15) is 0 Å². The lowest BCUT2D eigenvalue weighted by Crippen LogP contribution is -2.37. The van der Waals surface area contributed by atoms with Crippen molar-refractivity contribution in [3.05, 3.63) is 22.4 Å². The highest BCUT2D eigenvalue weighted by Crippen LogP contribution is 2.38. The van der Waals surface area contributed by atoms with Gasteiger partial charge in [-0.25, -0.2) is 0 Å². The van der Waals surface area contributed by atoms with E-state index >= 15 is 0 Å². The van der Waals surface area contributed by atoms with Crippen LogP contribution in [0.25, 0.3) is 0 Å². The molecule has 1 heterocycles. The molecule has 0 unspecified atom stereocenters. The van der Waals surface area contributed by atoms with Gasteiger partial charge in [-0.05, 0) is 40.6 Å². The molecule has 1 aliphatic carbocycles. The van der Waals surface area contributed by atoms with Crippen molar-refractivity contribution in [1.82, 2.24) is 5.32 Å². The van der Waals surface area contributed by atoms with Crippen LogP contribution in [-0.4, -0.2) is 17.8 Å². The summed E-state index contributed by atoms with van der Waals surface area (Å²) in [5.74, 6) is 0.149. The molecule has 1 saturated carbocycles. The highest BCUT2D eigenvalue weighted by molar-refractivity contribution is 9.09. The maximum atomic E-state index is 11.8. The Kier molecular flexibility index (Phi) is 4.62. The molecular formula is C13H18BrNOS. The number of hydrogen-bond acceptors (Lipinski definition) is 2. The molecule has 0 saturated heterocycles. The summed E-state index contributed by atoms with van der Waals surface area (Å²) in [6.07, 6.45) is 5.58. The van der Waals surface area contributed by atoms with Crippen LogP contribution in [0.2, 0.25) is 0 Å². The van der Waals surface area contributed by atoms with Crippen molar-refractivity contribution in [3.8, 4) is 0 Å². The third-order valence-corrected chi connectivity index (χ3v) is 5.47. The van der Waals surface area contributed by atoms with E-state index in [0.717, 1.165) is 17.4 Å². The average molecular weight is 316 g/mol. The predicted octanol–water partition coefficient (Wildman–Crippen LogP) is 3.36. The van der Waals surface area contributed by atoms with E-state index in [9.17, 15) is 4.79 Å². The minimum atomic E-state index is 0.149. The monoisotopic (exact) mass is 315 g/mol. The number of alkyl halides is 1. The van der Waals surface area contributed by atoms with Gasteiger partial charge in [-0.15, -0.1) is 0 Å². The summed E-state index contributed by atoms with van der Waals surface area (Å²) in [4.78, 5) is 11.8. The van der Waals surface area contributed by atoms with Crippen molar-refractivity contribution in [2.45, 2.75) is 32.1 Å². The Morgan fingerprint density at radius 2 is 2.24 bits per heavy atom. The molecule has 1 aliphatic rings. The zero-order valence-corrected chi connectivity index (χ0v) is 12.3. The fourth-order valence-electron chi connectivity index (χ4n) is 2.41. The second-order valence-corrected chi connectivity index (χ2v) is 6.27. The van der Waals surface area contributed by atoms with Crippen molar-refractivity contribution in [1.29, 1.82) is 0 Å². The molecule has 0 aromatic carbocycles. The van der Waals surface area contributed by atoms with Gasteiger partial charge in [-0.1, -0.05) is 28.8 Å². The number of hydrogen-bond donors (Lipinski definition) is 1. The molecule has 94 valence electrons. The van der Waals surface area contributed by atoms with E-state index in [1.165, 1.54) is 25.7 Å². The largest absolute Gasteiger partial charge is 0.355 e. The predicted molar refractivity (Wildman–Crippen MR) is 75.7 cm³/mol. The lowest BCUT2D eigenvalue weighted by molar-refractivity contribution is -0.120. The van der Waals surface area contributed by atoms with Crippen LogP contribution < -0.4 is 5.32 Å². The first-order valence-electron chi connectivity index (χ1n) is 6.08. The lowest BCUT2D eigenvalue weighted by atomic mass is 9.89. The van der Waals surface area contributed by atoms with Crippen LogP contribution in [0.1, 0.15) is 31.2 Å². The fourth-order valence-corrected chi connectivity index (χ4v) is 3.84. The highest BCUT2D eigenvalue weighted by Gasteiger charge is 2.32. The quantitative estimate of drug-likeness (QED) is 0.829. The molecule has 0 spiro atoms. The van der Waals surface area contributed by atoms with Gasteiger partial charge in [-0.3, -0.25) is 4.79 Å². The number of carbonyl (C=O) groups is 1. The van der Waals surface area contributed by atoms with Crippen LogP contribution in [0.5, 0.6) is 0 Å². The molecule has 1 amide bonds. The molecular weight excluding hydrogens is 298 g/mol. The zero-order chi connectivity index (χ0) is 12.1. The standard InChI is InChI=1S/C13H18BrNOS/c14-9-13(4-1-2-5-13)10-15-12(16)7-11-3-6-17-8-11/h3,6,8H,1-2,4-5,7,9-10H2,(H,15,16). The third kappa shape index (κ3) is 3.55. The number of thiophene rings is 1. The number of halogens is 1. The summed E-state index contributed by atoms with van der Waals surface area (Å²) in [5, 5.41) is 8.14. The van der Waals surface area contributed by atoms with E-state index in [1.807, 2.05) is 16.8 Å². The van der Waals surface area contributed by atoms with Crippen LogP contribution in [0, 0.1) is 5.41 Å². The second kappa shape index (κ2) is 6.01. The maximum absolute atomic E-state index is 11.8. The van der Waals surface area contributed by atoms with E-state index in [2.05, 4.69) is 21.2 Å². The summed E-state index contributed by atoms with van der Waals surface area (Å²) in [6.45, 7) is 0.821. The molecule has 17 heavy (non-hydrogen) atoms. The van der Waals surface area contributed by atoms with Gasteiger partial charge in [0.15, 0.2) is 0 Å². The molecule has 1 aromatic rings. The van der Waals surface area contributed by atoms with Gasteiger partial charge >= 0.3 is 0 Å². The molecule has 4 heteroatoms. The Morgan fingerprint density at radius 3 is 2.82 bits per heavy atom. The summed E-state index contributed by atoms with van der Waals surface area (Å²) in [5.41, 5.74) is 1.43. The number of carbonyl (C=O) groups excluding carboxylic acids is 1. The number of amides is 1. The van der Waals surface area contributed by atoms with Gasteiger partial charge in [0.25, 0.3) is 0 Å². The number of rotatable bonds is 5. The second-order valence-electron chi connectivity index (χ2n) is 4.93. The van der Waals surface area contributed by atoms with Crippen molar-refractivity contribution in [2.24, 2.45) is 5.41 Å². The van der Waals surface area contributed by atoms with E-state index in [-0.39, 0.29) is 5.91 Å². The van der Waals surface area contributed by atoms with Gasteiger partial charge in [0.2, 0.25) is 5.91 Å². The van der Waals surface area contributed by atoms with E-state index < -0.39 is 0 Å². The first kappa shape index (κ1) is 13.1. The van der Waals surface area contributed by atoms with E-state index in [1.54, 1.807) is 11.3 Å². The summed E-state index contributed by atoms with van der Waals surface area (Å²) in [7, 11) is 0. The Bertz CT molecular complexity index is 358. The Labute approximate surface area is 115 Å².